The summed E-state index contributed by atoms with van der Waals surface area (Å²) in [6, 6.07) is 8.44. The van der Waals surface area contributed by atoms with E-state index >= 15 is 0 Å². The van der Waals surface area contributed by atoms with E-state index in [1.807, 2.05) is 0 Å². The molecule has 3 heteroatoms. The second-order valence-electron chi connectivity index (χ2n) is 3.01. The highest BCUT2D eigenvalue weighted by atomic mass is 32.2. The van der Waals surface area contributed by atoms with E-state index in [0.717, 1.165) is 19.6 Å². The highest BCUT2D eigenvalue weighted by Crippen LogP contribution is 2.18. The predicted octanol–water partition coefficient (Wildman–Crippen LogP) is 2.86. The molecule has 1 N–H and O–H groups in total. The van der Waals surface area contributed by atoms with Crippen LogP contribution in [-0.4, -0.2) is 26.5 Å². The number of nitrogens with one attached hydrogen (secondary N) is 1. The van der Waals surface area contributed by atoms with Crippen LogP contribution in [0.2, 0.25) is 0 Å². The number of hydrogen-bond acceptors (Lipinski definition) is 3. The van der Waals surface area contributed by atoms with Gasteiger partial charge in [-0.25, -0.2) is 0 Å². The van der Waals surface area contributed by atoms with Crippen molar-refractivity contribution < 1.29 is 4.74 Å². The molecule has 1 aromatic carbocycles. The van der Waals surface area contributed by atoms with Crippen LogP contribution in [0.5, 0.6) is 0 Å². The van der Waals surface area contributed by atoms with Crippen LogP contribution in [0.15, 0.2) is 29.2 Å². The lowest BCUT2D eigenvalue weighted by Gasteiger charge is -2.06. The fraction of sp³-hybridized carbons (Fsp3) is 0.455. The van der Waals surface area contributed by atoms with Gasteiger partial charge in [0.1, 0.15) is 0 Å². The Kier molecular flexibility index (Phi) is 5.49. The molecule has 0 spiro atoms. The van der Waals surface area contributed by atoms with E-state index in [2.05, 4.69) is 35.8 Å². The standard InChI is InChI=1S/C11H17NOS/c1-13-8-4-7-12-10-5-3-6-11(9-10)14-2/h3,5-6,9,12H,4,7-8H2,1-2H3. The van der Waals surface area contributed by atoms with Crippen molar-refractivity contribution in [1.29, 1.82) is 0 Å². The average molecular weight is 211 g/mol. The van der Waals surface area contributed by atoms with E-state index in [9.17, 15) is 0 Å². The Balaban J connectivity index is 2.34. The van der Waals surface area contributed by atoms with Crippen LogP contribution in [-0.2, 0) is 4.74 Å². The summed E-state index contributed by atoms with van der Waals surface area (Å²) in [7, 11) is 1.73. The molecule has 0 aliphatic heterocycles. The van der Waals surface area contributed by atoms with Crippen molar-refractivity contribution in [3.8, 4) is 0 Å². The largest absolute Gasteiger partial charge is 0.385 e. The van der Waals surface area contributed by atoms with Crippen molar-refractivity contribution >= 4 is 17.4 Å². The number of methoxy groups -OCH3 is 1. The monoisotopic (exact) mass is 211 g/mol. The topological polar surface area (TPSA) is 21.3 Å². The molecular formula is C11H17NOS. The molecule has 78 valence electrons. The predicted molar refractivity (Wildman–Crippen MR) is 63.2 cm³/mol. The molecule has 0 saturated heterocycles. The third-order valence-electron chi connectivity index (χ3n) is 1.92. The lowest BCUT2D eigenvalue weighted by molar-refractivity contribution is 0.198. The molecule has 0 radical (unpaired) electrons. The van der Waals surface area contributed by atoms with E-state index < -0.39 is 0 Å². The van der Waals surface area contributed by atoms with Gasteiger partial charge < -0.3 is 10.1 Å². The Hall–Kier alpha value is -0.670. The number of benzene rings is 1. The van der Waals surface area contributed by atoms with Crippen molar-refractivity contribution in [2.75, 3.05) is 31.8 Å². The van der Waals surface area contributed by atoms with E-state index in [1.54, 1.807) is 18.9 Å². The lowest BCUT2D eigenvalue weighted by atomic mass is 10.3. The number of anilines is 1. The van der Waals surface area contributed by atoms with Crippen LogP contribution < -0.4 is 5.32 Å². The molecule has 0 heterocycles. The summed E-state index contributed by atoms with van der Waals surface area (Å²) in [6.07, 6.45) is 3.13. The molecule has 0 atom stereocenters. The Morgan fingerprint density at radius 1 is 1.43 bits per heavy atom. The Morgan fingerprint density at radius 2 is 2.29 bits per heavy atom. The molecule has 0 unspecified atom stereocenters. The maximum absolute atomic E-state index is 4.98. The molecule has 0 amide bonds. The normalized spacial score (nSPS) is 10.1. The minimum atomic E-state index is 0.815. The molecule has 0 aliphatic rings. The quantitative estimate of drug-likeness (QED) is 0.577. The smallest absolute Gasteiger partial charge is 0.0479 e. The average Bonchev–Trinajstić information content (AvgIpc) is 2.25. The molecule has 0 fully saturated rings. The molecule has 0 aromatic heterocycles. The van der Waals surface area contributed by atoms with Crippen LogP contribution in [0.1, 0.15) is 6.42 Å². The van der Waals surface area contributed by atoms with Crippen LogP contribution in [0.3, 0.4) is 0 Å². The maximum atomic E-state index is 4.98. The van der Waals surface area contributed by atoms with E-state index in [-0.39, 0.29) is 0 Å². The Labute approximate surface area is 90.0 Å². The molecule has 2 nitrogen and oxygen atoms in total. The first-order valence-electron chi connectivity index (χ1n) is 4.73. The number of ether oxygens (including phenoxy) is 1. The van der Waals surface area contributed by atoms with Crippen molar-refractivity contribution in [2.24, 2.45) is 0 Å². The first-order chi connectivity index (χ1) is 6.86. The van der Waals surface area contributed by atoms with Gasteiger partial charge in [-0.3, -0.25) is 0 Å². The third-order valence-corrected chi connectivity index (χ3v) is 2.65. The van der Waals surface area contributed by atoms with E-state index in [0.29, 0.717) is 0 Å². The molecule has 0 bridgehead atoms. The van der Waals surface area contributed by atoms with Crippen molar-refractivity contribution in [3.63, 3.8) is 0 Å². The highest BCUT2D eigenvalue weighted by molar-refractivity contribution is 7.98. The minimum absolute atomic E-state index is 0.815. The van der Waals surface area contributed by atoms with Crippen LogP contribution in [0.25, 0.3) is 0 Å². The summed E-state index contributed by atoms with van der Waals surface area (Å²) in [5.41, 5.74) is 1.19. The summed E-state index contributed by atoms with van der Waals surface area (Å²) in [6.45, 7) is 1.78. The first-order valence-corrected chi connectivity index (χ1v) is 5.96. The van der Waals surface area contributed by atoms with Crippen LogP contribution >= 0.6 is 11.8 Å². The van der Waals surface area contributed by atoms with Gasteiger partial charge in [-0.15, -0.1) is 11.8 Å². The number of rotatable bonds is 6. The van der Waals surface area contributed by atoms with Crippen molar-refractivity contribution in [1.82, 2.24) is 0 Å². The van der Waals surface area contributed by atoms with Gasteiger partial charge in [-0.05, 0) is 30.9 Å². The lowest BCUT2D eigenvalue weighted by Crippen LogP contribution is -2.04. The first kappa shape index (κ1) is 11.4. The molecule has 14 heavy (non-hydrogen) atoms. The summed E-state index contributed by atoms with van der Waals surface area (Å²) in [4.78, 5) is 1.29. The van der Waals surface area contributed by atoms with Gasteiger partial charge in [0, 0.05) is 30.8 Å². The van der Waals surface area contributed by atoms with Crippen LogP contribution in [0.4, 0.5) is 5.69 Å². The molecule has 0 aliphatic carbocycles. The highest BCUT2D eigenvalue weighted by Gasteiger charge is 1.93. The van der Waals surface area contributed by atoms with Crippen LogP contribution in [0, 0.1) is 0 Å². The zero-order chi connectivity index (χ0) is 10.2. The summed E-state index contributed by atoms with van der Waals surface area (Å²) in [5, 5.41) is 3.36. The van der Waals surface area contributed by atoms with Gasteiger partial charge in [0.15, 0.2) is 0 Å². The second-order valence-corrected chi connectivity index (χ2v) is 3.88. The molecular weight excluding hydrogens is 194 g/mol. The zero-order valence-corrected chi connectivity index (χ0v) is 9.56. The van der Waals surface area contributed by atoms with Gasteiger partial charge in [0.05, 0.1) is 0 Å². The Bertz CT molecular complexity index is 265. The zero-order valence-electron chi connectivity index (χ0n) is 8.75. The van der Waals surface area contributed by atoms with Crippen molar-refractivity contribution in [3.05, 3.63) is 24.3 Å². The minimum Gasteiger partial charge on any atom is -0.385 e. The number of thioether (sulfide) groups is 1. The van der Waals surface area contributed by atoms with Crippen molar-refractivity contribution in [2.45, 2.75) is 11.3 Å². The van der Waals surface area contributed by atoms with E-state index in [1.165, 1.54) is 10.6 Å². The molecule has 0 saturated carbocycles. The number of hydrogen-bond donors (Lipinski definition) is 1. The fourth-order valence-electron chi connectivity index (χ4n) is 1.18. The fourth-order valence-corrected chi connectivity index (χ4v) is 1.64. The van der Waals surface area contributed by atoms with Gasteiger partial charge in [-0.2, -0.15) is 0 Å². The van der Waals surface area contributed by atoms with Gasteiger partial charge in [0.25, 0.3) is 0 Å². The third kappa shape index (κ3) is 4.03. The summed E-state index contributed by atoms with van der Waals surface area (Å²) < 4.78 is 4.98. The second kappa shape index (κ2) is 6.74. The van der Waals surface area contributed by atoms with Gasteiger partial charge in [0.2, 0.25) is 0 Å². The molecule has 1 aromatic rings. The maximum Gasteiger partial charge on any atom is 0.0479 e. The van der Waals surface area contributed by atoms with Gasteiger partial charge in [-0.1, -0.05) is 6.07 Å². The molecule has 1 rings (SSSR count). The summed E-state index contributed by atoms with van der Waals surface area (Å²) in [5.74, 6) is 0. The van der Waals surface area contributed by atoms with E-state index in [4.69, 9.17) is 4.74 Å². The summed E-state index contributed by atoms with van der Waals surface area (Å²) >= 11 is 1.76. The van der Waals surface area contributed by atoms with Gasteiger partial charge >= 0.3 is 0 Å². The Morgan fingerprint density at radius 3 is 3.00 bits per heavy atom. The SMILES string of the molecule is COCCCNc1cccc(SC)c1.